The number of nitrogens with zero attached hydrogens (tertiary/aromatic N) is 2. The summed E-state index contributed by atoms with van der Waals surface area (Å²) in [7, 11) is 0. The van der Waals surface area contributed by atoms with Crippen molar-refractivity contribution in [3.05, 3.63) is 48.2 Å². The number of piperidine rings is 1. The van der Waals surface area contributed by atoms with Crippen molar-refractivity contribution >= 4 is 23.4 Å². The van der Waals surface area contributed by atoms with Crippen LogP contribution in [-0.4, -0.2) is 42.9 Å². The molecule has 1 amide bonds. The van der Waals surface area contributed by atoms with Crippen LogP contribution in [0, 0.1) is 5.92 Å². The predicted octanol–water partition coefficient (Wildman–Crippen LogP) is 3.94. The van der Waals surface area contributed by atoms with Crippen molar-refractivity contribution in [1.82, 2.24) is 4.98 Å². The number of halogens is 3. The number of benzene rings is 1. The van der Waals surface area contributed by atoms with E-state index in [4.69, 9.17) is 4.74 Å². The Balaban J connectivity index is 1.51. The van der Waals surface area contributed by atoms with Gasteiger partial charge in [-0.25, -0.2) is 4.98 Å². The van der Waals surface area contributed by atoms with Crippen LogP contribution >= 0.6 is 0 Å². The lowest BCUT2D eigenvalue weighted by Crippen LogP contribution is -2.37. The number of anilines is 2. The summed E-state index contributed by atoms with van der Waals surface area (Å²) in [6.45, 7) is 3.57. The normalized spacial score (nSPS) is 14.7. The Labute approximate surface area is 183 Å². The molecule has 1 aromatic carbocycles. The van der Waals surface area contributed by atoms with E-state index in [1.54, 1.807) is 25.3 Å². The predicted molar refractivity (Wildman–Crippen MR) is 111 cm³/mol. The van der Waals surface area contributed by atoms with E-state index in [1.807, 2.05) is 6.07 Å². The Morgan fingerprint density at radius 2 is 1.94 bits per heavy atom. The van der Waals surface area contributed by atoms with E-state index in [1.165, 1.54) is 18.2 Å². The molecule has 3 rings (SSSR count). The van der Waals surface area contributed by atoms with Crippen molar-refractivity contribution in [2.75, 3.05) is 29.9 Å². The number of esters is 1. The van der Waals surface area contributed by atoms with Crippen molar-refractivity contribution in [3.8, 4) is 5.75 Å². The molecule has 172 valence electrons. The molecule has 0 atom stereocenters. The highest BCUT2D eigenvalue weighted by Gasteiger charge is 2.31. The molecule has 0 bridgehead atoms. The number of alkyl halides is 3. The number of carbonyl (C=O) groups is 2. The summed E-state index contributed by atoms with van der Waals surface area (Å²) >= 11 is 0. The van der Waals surface area contributed by atoms with Gasteiger partial charge in [-0.3, -0.25) is 9.59 Å². The van der Waals surface area contributed by atoms with Crippen LogP contribution in [0.4, 0.5) is 24.7 Å². The molecule has 32 heavy (non-hydrogen) atoms. The highest BCUT2D eigenvalue weighted by Crippen LogP contribution is 2.25. The van der Waals surface area contributed by atoms with Gasteiger partial charge in [0.15, 0.2) is 0 Å². The Hall–Kier alpha value is -3.30. The molecule has 2 aromatic rings. The highest BCUT2D eigenvalue weighted by molar-refractivity contribution is 5.91. The SMILES string of the molecule is CCOC(=O)C1CCN(c2ccc(NC(=O)Cc3cccc(OC(F)(F)F)c3)nc2)CC1. The summed E-state index contributed by atoms with van der Waals surface area (Å²) in [5.74, 6) is -0.693. The average Bonchev–Trinajstić information content (AvgIpc) is 2.73. The molecule has 2 heterocycles. The van der Waals surface area contributed by atoms with Crippen LogP contribution in [-0.2, 0) is 20.7 Å². The van der Waals surface area contributed by atoms with Crippen LogP contribution in [0.15, 0.2) is 42.6 Å². The van der Waals surface area contributed by atoms with E-state index in [9.17, 15) is 22.8 Å². The fraction of sp³-hybridized carbons (Fsp3) is 0.409. The Morgan fingerprint density at radius 3 is 2.56 bits per heavy atom. The average molecular weight is 451 g/mol. The molecule has 0 saturated carbocycles. The Kier molecular flexibility index (Phi) is 7.55. The quantitative estimate of drug-likeness (QED) is 0.643. The number of nitrogens with one attached hydrogen (secondary N) is 1. The zero-order valence-corrected chi connectivity index (χ0v) is 17.5. The van der Waals surface area contributed by atoms with E-state index >= 15 is 0 Å². The van der Waals surface area contributed by atoms with E-state index in [0.717, 1.165) is 5.69 Å². The fourth-order valence-electron chi connectivity index (χ4n) is 3.51. The third-order valence-electron chi connectivity index (χ3n) is 4.99. The Bertz CT molecular complexity index is 927. The van der Waals surface area contributed by atoms with Gasteiger partial charge in [-0.05, 0) is 49.6 Å². The standard InChI is InChI=1S/C22H24F3N3O4/c1-2-31-21(30)16-8-10-28(11-9-16)17-6-7-19(26-14-17)27-20(29)13-15-4-3-5-18(12-15)32-22(23,24)25/h3-7,12,14,16H,2,8-11,13H2,1H3,(H,26,27,29). The Morgan fingerprint density at radius 1 is 1.19 bits per heavy atom. The molecule has 0 unspecified atom stereocenters. The number of rotatable bonds is 7. The van der Waals surface area contributed by atoms with Crippen LogP contribution < -0.4 is 15.0 Å². The second-order valence-corrected chi connectivity index (χ2v) is 7.34. The summed E-state index contributed by atoms with van der Waals surface area (Å²) in [6.07, 6.45) is -1.87. The van der Waals surface area contributed by atoms with Gasteiger partial charge in [0.2, 0.25) is 5.91 Å². The van der Waals surface area contributed by atoms with Crippen LogP contribution in [0.2, 0.25) is 0 Å². The summed E-state index contributed by atoms with van der Waals surface area (Å²) in [4.78, 5) is 30.5. The van der Waals surface area contributed by atoms with Crippen LogP contribution in [0.1, 0.15) is 25.3 Å². The van der Waals surface area contributed by atoms with Crippen molar-refractivity contribution in [2.24, 2.45) is 5.92 Å². The number of hydrogen-bond donors (Lipinski definition) is 1. The molecule has 10 heteroatoms. The smallest absolute Gasteiger partial charge is 0.466 e. The first-order valence-electron chi connectivity index (χ1n) is 10.3. The van der Waals surface area contributed by atoms with Crippen LogP contribution in [0.3, 0.4) is 0 Å². The number of hydrogen-bond acceptors (Lipinski definition) is 6. The molecule has 1 aliphatic rings. The molecule has 0 radical (unpaired) electrons. The molecule has 0 spiro atoms. The van der Waals surface area contributed by atoms with Crippen molar-refractivity contribution < 1.29 is 32.2 Å². The fourth-order valence-corrected chi connectivity index (χ4v) is 3.51. The van der Waals surface area contributed by atoms with Gasteiger partial charge in [0.05, 0.1) is 30.8 Å². The monoisotopic (exact) mass is 451 g/mol. The minimum Gasteiger partial charge on any atom is -0.466 e. The molecule has 1 saturated heterocycles. The van der Waals surface area contributed by atoms with E-state index < -0.39 is 12.3 Å². The van der Waals surface area contributed by atoms with Gasteiger partial charge in [0, 0.05) is 13.1 Å². The molecular formula is C22H24F3N3O4. The lowest BCUT2D eigenvalue weighted by atomic mass is 9.97. The molecule has 1 aliphatic heterocycles. The molecule has 7 nitrogen and oxygen atoms in total. The number of aromatic nitrogens is 1. The number of carbonyl (C=O) groups excluding carboxylic acids is 2. The molecule has 0 aliphatic carbocycles. The highest BCUT2D eigenvalue weighted by atomic mass is 19.4. The first-order chi connectivity index (χ1) is 15.2. The van der Waals surface area contributed by atoms with Gasteiger partial charge < -0.3 is 19.7 Å². The van der Waals surface area contributed by atoms with Crippen molar-refractivity contribution in [1.29, 1.82) is 0 Å². The molecule has 1 N–H and O–H groups in total. The van der Waals surface area contributed by atoms with Gasteiger partial charge in [-0.15, -0.1) is 13.2 Å². The summed E-state index contributed by atoms with van der Waals surface area (Å²) < 4.78 is 46.0. The van der Waals surface area contributed by atoms with Crippen molar-refractivity contribution in [3.63, 3.8) is 0 Å². The van der Waals surface area contributed by atoms with Gasteiger partial charge in [-0.1, -0.05) is 12.1 Å². The zero-order valence-electron chi connectivity index (χ0n) is 17.5. The summed E-state index contributed by atoms with van der Waals surface area (Å²) in [5, 5.41) is 2.63. The minimum atomic E-state index is -4.79. The second kappa shape index (κ2) is 10.3. The number of amides is 1. The van der Waals surface area contributed by atoms with Gasteiger partial charge in [-0.2, -0.15) is 0 Å². The third kappa shape index (κ3) is 6.86. The maximum Gasteiger partial charge on any atom is 0.573 e. The second-order valence-electron chi connectivity index (χ2n) is 7.34. The first-order valence-corrected chi connectivity index (χ1v) is 10.3. The third-order valence-corrected chi connectivity index (χ3v) is 4.99. The van der Waals surface area contributed by atoms with E-state index in [0.29, 0.717) is 43.9 Å². The van der Waals surface area contributed by atoms with Crippen LogP contribution in [0.25, 0.3) is 0 Å². The topological polar surface area (TPSA) is 80.8 Å². The first kappa shape index (κ1) is 23.4. The lowest BCUT2D eigenvalue weighted by molar-refractivity contribution is -0.274. The van der Waals surface area contributed by atoms with E-state index in [2.05, 4.69) is 19.9 Å². The van der Waals surface area contributed by atoms with Gasteiger partial charge in [0.1, 0.15) is 11.6 Å². The molecular weight excluding hydrogens is 427 g/mol. The zero-order chi connectivity index (χ0) is 23.1. The number of pyridine rings is 1. The lowest BCUT2D eigenvalue weighted by Gasteiger charge is -2.32. The molecule has 1 fully saturated rings. The van der Waals surface area contributed by atoms with Gasteiger partial charge in [0.25, 0.3) is 0 Å². The van der Waals surface area contributed by atoms with Crippen molar-refractivity contribution in [2.45, 2.75) is 32.5 Å². The maximum absolute atomic E-state index is 12.3. The molecule has 1 aromatic heterocycles. The summed E-state index contributed by atoms with van der Waals surface area (Å²) in [5.41, 5.74) is 1.26. The maximum atomic E-state index is 12.3. The summed E-state index contributed by atoms with van der Waals surface area (Å²) in [6, 6.07) is 8.76. The largest absolute Gasteiger partial charge is 0.573 e. The van der Waals surface area contributed by atoms with E-state index in [-0.39, 0.29) is 24.1 Å². The van der Waals surface area contributed by atoms with Crippen LogP contribution in [0.5, 0.6) is 5.75 Å². The van der Waals surface area contributed by atoms with Gasteiger partial charge >= 0.3 is 12.3 Å². The minimum absolute atomic E-state index is 0.0854. The number of ether oxygens (including phenoxy) is 2.